The summed E-state index contributed by atoms with van der Waals surface area (Å²) in [4.78, 5) is 32.1. The van der Waals surface area contributed by atoms with Crippen LogP contribution in [0.4, 0.5) is 0 Å². The van der Waals surface area contributed by atoms with Crippen molar-refractivity contribution < 1.29 is 19.4 Å². The highest BCUT2D eigenvalue weighted by molar-refractivity contribution is 5.95. The molecular formula is C20H23N3O4. The number of carbonyl (C=O) groups is 2. The molecule has 0 unspecified atom stereocenters. The van der Waals surface area contributed by atoms with Gasteiger partial charge in [-0.25, -0.2) is 9.78 Å². The first kappa shape index (κ1) is 18.8. The zero-order chi connectivity index (χ0) is 19.6. The van der Waals surface area contributed by atoms with Gasteiger partial charge in [0.1, 0.15) is 17.1 Å². The number of nitrogens with zero attached hydrogens (tertiary/aromatic N) is 3. The van der Waals surface area contributed by atoms with E-state index < -0.39 is 5.97 Å². The molecule has 7 nitrogen and oxygen atoms in total. The van der Waals surface area contributed by atoms with E-state index >= 15 is 0 Å². The number of benzene rings is 1. The van der Waals surface area contributed by atoms with Gasteiger partial charge in [0.15, 0.2) is 0 Å². The third-order valence-corrected chi connectivity index (χ3v) is 4.88. The maximum absolute atomic E-state index is 12.7. The molecule has 0 saturated carbocycles. The maximum Gasteiger partial charge on any atom is 0.354 e. The summed E-state index contributed by atoms with van der Waals surface area (Å²) < 4.78 is 5.29. The quantitative estimate of drug-likeness (QED) is 0.870. The van der Waals surface area contributed by atoms with Crippen LogP contribution in [0.15, 0.2) is 36.4 Å². The summed E-state index contributed by atoms with van der Waals surface area (Å²) in [5.74, 6) is -0.618. The standard InChI is InChI=1S/C20H23N3O4/c1-22(2)15-10-11-23(12-15)19(24)14-6-4-13(5-7-14)18-17(27-3)9-8-16(21-18)20(25)26/h4-9,15H,10-12H2,1-3H3,(H,25,26)/t15-/m0/s1. The van der Waals surface area contributed by atoms with Gasteiger partial charge in [0.2, 0.25) is 0 Å². The van der Waals surface area contributed by atoms with Gasteiger partial charge in [0.25, 0.3) is 5.91 Å². The number of carboxylic acid groups (broad SMARTS) is 1. The van der Waals surface area contributed by atoms with E-state index in [-0.39, 0.29) is 11.6 Å². The van der Waals surface area contributed by atoms with Gasteiger partial charge in [0.05, 0.1) is 7.11 Å². The topological polar surface area (TPSA) is 83.0 Å². The van der Waals surface area contributed by atoms with E-state index in [1.807, 2.05) is 19.0 Å². The van der Waals surface area contributed by atoms with E-state index in [0.717, 1.165) is 19.5 Å². The molecule has 0 spiro atoms. The number of amides is 1. The van der Waals surface area contributed by atoms with Crippen molar-refractivity contribution in [3.8, 4) is 17.0 Å². The summed E-state index contributed by atoms with van der Waals surface area (Å²) in [6, 6.07) is 10.4. The van der Waals surface area contributed by atoms with Crippen LogP contribution in [0.5, 0.6) is 5.75 Å². The summed E-state index contributed by atoms with van der Waals surface area (Å²) in [5, 5.41) is 9.16. The Morgan fingerprint density at radius 1 is 1.19 bits per heavy atom. The molecular weight excluding hydrogens is 346 g/mol. The van der Waals surface area contributed by atoms with E-state index in [1.165, 1.54) is 13.2 Å². The van der Waals surface area contributed by atoms with Crippen molar-refractivity contribution in [2.45, 2.75) is 12.5 Å². The zero-order valence-corrected chi connectivity index (χ0v) is 15.7. The highest BCUT2D eigenvalue weighted by atomic mass is 16.5. The Morgan fingerprint density at radius 3 is 2.44 bits per heavy atom. The Morgan fingerprint density at radius 2 is 1.89 bits per heavy atom. The minimum absolute atomic E-state index is 0.00473. The van der Waals surface area contributed by atoms with Gasteiger partial charge in [-0.1, -0.05) is 12.1 Å². The van der Waals surface area contributed by atoms with Crippen molar-refractivity contribution in [3.63, 3.8) is 0 Å². The largest absolute Gasteiger partial charge is 0.494 e. The molecule has 142 valence electrons. The minimum atomic E-state index is -1.10. The van der Waals surface area contributed by atoms with Crippen LogP contribution < -0.4 is 4.74 Å². The van der Waals surface area contributed by atoms with Gasteiger partial charge >= 0.3 is 5.97 Å². The van der Waals surface area contributed by atoms with Crippen LogP contribution >= 0.6 is 0 Å². The summed E-state index contributed by atoms with van der Waals surface area (Å²) in [6.07, 6.45) is 0.972. The predicted octanol–water partition coefficient (Wildman–Crippen LogP) is 2.23. The fourth-order valence-electron chi connectivity index (χ4n) is 3.24. The molecule has 1 aromatic carbocycles. The fourth-order valence-corrected chi connectivity index (χ4v) is 3.24. The first-order valence-electron chi connectivity index (χ1n) is 8.75. The Bertz CT molecular complexity index is 849. The average Bonchev–Trinajstić information content (AvgIpc) is 3.17. The molecule has 1 aliphatic heterocycles. The number of carbonyl (C=O) groups excluding carboxylic acids is 1. The number of pyridine rings is 1. The molecule has 1 amide bonds. The molecule has 2 aromatic rings. The van der Waals surface area contributed by atoms with E-state index in [0.29, 0.717) is 28.6 Å². The molecule has 1 saturated heterocycles. The Kier molecular flexibility index (Phi) is 5.41. The van der Waals surface area contributed by atoms with Crippen LogP contribution in [0.3, 0.4) is 0 Å². The van der Waals surface area contributed by atoms with E-state index in [4.69, 9.17) is 9.84 Å². The second-order valence-electron chi connectivity index (χ2n) is 6.79. The van der Waals surface area contributed by atoms with Gasteiger partial charge in [-0.05, 0) is 44.8 Å². The number of hydrogen-bond acceptors (Lipinski definition) is 5. The molecule has 1 fully saturated rings. The van der Waals surface area contributed by atoms with Crippen molar-refractivity contribution in [2.75, 3.05) is 34.3 Å². The highest BCUT2D eigenvalue weighted by Gasteiger charge is 2.28. The minimum Gasteiger partial charge on any atom is -0.494 e. The second kappa shape index (κ2) is 7.75. The van der Waals surface area contributed by atoms with Crippen molar-refractivity contribution in [2.24, 2.45) is 0 Å². The number of carboxylic acids is 1. The van der Waals surface area contributed by atoms with Crippen LogP contribution in [-0.4, -0.2) is 72.1 Å². The van der Waals surface area contributed by atoms with Crippen LogP contribution in [0.2, 0.25) is 0 Å². The number of ether oxygens (including phenoxy) is 1. The number of hydrogen-bond donors (Lipinski definition) is 1. The molecule has 0 aliphatic carbocycles. The van der Waals surface area contributed by atoms with Crippen molar-refractivity contribution in [1.82, 2.24) is 14.8 Å². The summed E-state index contributed by atoms with van der Waals surface area (Å²) >= 11 is 0. The fraction of sp³-hybridized carbons (Fsp3) is 0.350. The highest BCUT2D eigenvalue weighted by Crippen LogP contribution is 2.29. The van der Waals surface area contributed by atoms with Crippen molar-refractivity contribution in [1.29, 1.82) is 0 Å². The van der Waals surface area contributed by atoms with Gasteiger partial charge in [-0.2, -0.15) is 0 Å². The second-order valence-corrected chi connectivity index (χ2v) is 6.79. The molecule has 3 rings (SSSR count). The third kappa shape index (κ3) is 3.93. The summed E-state index contributed by atoms with van der Waals surface area (Å²) in [7, 11) is 5.56. The monoisotopic (exact) mass is 369 g/mol. The normalized spacial score (nSPS) is 16.6. The van der Waals surface area contributed by atoms with Gasteiger partial charge < -0.3 is 19.6 Å². The molecule has 1 aliphatic rings. The molecule has 2 heterocycles. The molecule has 0 bridgehead atoms. The van der Waals surface area contributed by atoms with Gasteiger partial charge in [-0.15, -0.1) is 0 Å². The van der Waals surface area contributed by atoms with Crippen LogP contribution in [0.25, 0.3) is 11.3 Å². The number of likely N-dealkylation sites (N-methyl/N-ethyl adjacent to an activating group) is 1. The van der Waals surface area contributed by atoms with E-state index in [9.17, 15) is 9.59 Å². The predicted molar refractivity (Wildman–Crippen MR) is 101 cm³/mol. The van der Waals surface area contributed by atoms with Crippen LogP contribution in [0, 0.1) is 0 Å². The number of rotatable bonds is 5. The lowest BCUT2D eigenvalue weighted by molar-refractivity contribution is 0.0689. The lowest BCUT2D eigenvalue weighted by Crippen LogP contribution is -2.34. The molecule has 7 heteroatoms. The molecule has 1 N–H and O–H groups in total. The molecule has 27 heavy (non-hydrogen) atoms. The smallest absolute Gasteiger partial charge is 0.354 e. The summed E-state index contributed by atoms with van der Waals surface area (Å²) in [5.41, 5.74) is 1.67. The van der Waals surface area contributed by atoms with Crippen LogP contribution in [-0.2, 0) is 0 Å². The lowest BCUT2D eigenvalue weighted by atomic mass is 10.1. The number of aromatic carboxylic acids is 1. The summed E-state index contributed by atoms with van der Waals surface area (Å²) in [6.45, 7) is 1.48. The molecule has 0 radical (unpaired) electrons. The lowest BCUT2D eigenvalue weighted by Gasteiger charge is -2.20. The Hall–Kier alpha value is -2.93. The molecule has 1 atom stereocenters. The third-order valence-electron chi connectivity index (χ3n) is 4.88. The zero-order valence-electron chi connectivity index (χ0n) is 15.7. The SMILES string of the molecule is COc1ccc(C(=O)O)nc1-c1ccc(C(=O)N2CC[C@H](N(C)C)C2)cc1. The van der Waals surface area contributed by atoms with Crippen molar-refractivity contribution >= 4 is 11.9 Å². The van der Waals surface area contributed by atoms with Gasteiger partial charge in [0, 0.05) is 30.3 Å². The first-order chi connectivity index (χ1) is 12.9. The average molecular weight is 369 g/mol. The number of likely N-dealkylation sites (tertiary alicyclic amines) is 1. The van der Waals surface area contributed by atoms with Crippen LogP contribution in [0.1, 0.15) is 27.3 Å². The molecule has 1 aromatic heterocycles. The van der Waals surface area contributed by atoms with Gasteiger partial charge in [-0.3, -0.25) is 4.79 Å². The maximum atomic E-state index is 12.7. The van der Waals surface area contributed by atoms with E-state index in [2.05, 4.69) is 9.88 Å². The number of methoxy groups -OCH3 is 1. The Balaban J connectivity index is 1.83. The van der Waals surface area contributed by atoms with E-state index in [1.54, 1.807) is 30.3 Å². The Labute approximate surface area is 158 Å². The number of aromatic nitrogens is 1. The van der Waals surface area contributed by atoms with Crippen molar-refractivity contribution in [3.05, 3.63) is 47.7 Å². The first-order valence-corrected chi connectivity index (χ1v) is 8.75.